The summed E-state index contributed by atoms with van der Waals surface area (Å²) in [4.78, 5) is 12.9. The Morgan fingerprint density at radius 3 is 2.23 bits per heavy atom. The van der Waals surface area contributed by atoms with Crippen molar-refractivity contribution >= 4 is 5.91 Å². The Morgan fingerprint density at radius 1 is 1.32 bits per heavy atom. The molecule has 1 amide bonds. The number of carbonyl (C=O) groups is 1. The molecule has 0 aliphatic rings. The molecule has 1 N–H and O–H groups in total. The lowest BCUT2D eigenvalue weighted by Gasteiger charge is -2.30. The fourth-order valence-electron chi connectivity index (χ4n) is 1.77. The highest BCUT2D eigenvalue weighted by Crippen LogP contribution is 2.42. The van der Waals surface area contributed by atoms with E-state index in [0.717, 1.165) is 11.0 Å². The SMILES string of the molecule is C#CCN(CC#C)C(=O)C[C@](O)(c1ccc(C)o1)C(F)(F)F. The van der Waals surface area contributed by atoms with Gasteiger partial charge >= 0.3 is 6.18 Å². The number of hydrogen-bond donors (Lipinski definition) is 1. The van der Waals surface area contributed by atoms with E-state index in [1.807, 2.05) is 0 Å². The lowest BCUT2D eigenvalue weighted by Crippen LogP contribution is -2.47. The highest BCUT2D eigenvalue weighted by Gasteiger charge is 2.58. The third kappa shape index (κ3) is 3.63. The Hall–Kier alpha value is -2.38. The first-order valence-electron chi connectivity index (χ1n) is 6.16. The molecule has 1 rings (SSSR count). The standard InChI is InChI=1S/C15H14F3NO3/c1-4-8-19(9-5-2)13(20)10-14(21,15(16,17)18)12-7-6-11(3)22-12/h1-2,6-7,21H,8-10H2,3H3/t14-/m0/s1. The number of hydrogen-bond acceptors (Lipinski definition) is 3. The minimum absolute atomic E-state index is 0.175. The number of alkyl halides is 3. The van der Waals surface area contributed by atoms with Gasteiger partial charge in [-0.15, -0.1) is 12.8 Å². The van der Waals surface area contributed by atoms with Crippen LogP contribution < -0.4 is 0 Å². The van der Waals surface area contributed by atoms with E-state index in [-0.39, 0.29) is 18.8 Å². The van der Waals surface area contributed by atoms with Gasteiger partial charge < -0.3 is 14.4 Å². The minimum atomic E-state index is -5.11. The lowest BCUT2D eigenvalue weighted by molar-refractivity contribution is -0.274. The van der Waals surface area contributed by atoms with E-state index < -0.39 is 29.9 Å². The summed E-state index contributed by atoms with van der Waals surface area (Å²) in [5.41, 5.74) is -3.44. The molecule has 1 aromatic heterocycles. The normalized spacial score (nSPS) is 13.8. The van der Waals surface area contributed by atoms with Crippen molar-refractivity contribution < 1.29 is 27.5 Å². The summed E-state index contributed by atoms with van der Waals surface area (Å²) in [5, 5.41) is 10.0. The van der Waals surface area contributed by atoms with E-state index in [1.165, 1.54) is 13.0 Å². The van der Waals surface area contributed by atoms with Crippen LogP contribution in [0, 0.1) is 31.6 Å². The van der Waals surface area contributed by atoms with Crippen molar-refractivity contribution in [2.45, 2.75) is 25.1 Å². The van der Waals surface area contributed by atoms with Crippen LogP contribution in [0.4, 0.5) is 13.2 Å². The Labute approximate surface area is 125 Å². The summed E-state index contributed by atoms with van der Waals surface area (Å²) in [6, 6.07) is 2.24. The summed E-state index contributed by atoms with van der Waals surface area (Å²) in [6.45, 7) is 0.910. The van der Waals surface area contributed by atoms with E-state index in [4.69, 9.17) is 17.3 Å². The van der Waals surface area contributed by atoms with Gasteiger partial charge in [-0.25, -0.2) is 0 Å². The van der Waals surface area contributed by atoms with Crippen LogP contribution in [0.25, 0.3) is 0 Å². The molecule has 0 aliphatic heterocycles. The van der Waals surface area contributed by atoms with Crippen molar-refractivity contribution in [1.82, 2.24) is 4.90 Å². The zero-order chi connectivity index (χ0) is 17.0. The first-order valence-corrected chi connectivity index (χ1v) is 6.16. The second-order valence-corrected chi connectivity index (χ2v) is 4.60. The van der Waals surface area contributed by atoms with Crippen LogP contribution in [-0.2, 0) is 10.4 Å². The second kappa shape index (κ2) is 6.59. The molecule has 0 radical (unpaired) electrons. The van der Waals surface area contributed by atoms with Crippen LogP contribution in [0.3, 0.4) is 0 Å². The number of amides is 1. The fraction of sp³-hybridized carbons (Fsp3) is 0.400. The molecule has 22 heavy (non-hydrogen) atoms. The van der Waals surface area contributed by atoms with Gasteiger partial charge in [0.1, 0.15) is 11.5 Å². The predicted octanol–water partition coefficient (Wildman–Crippen LogP) is 1.82. The summed E-state index contributed by atoms with van der Waals surface area (Å²) < 4.78 is 44.6. The van der Waals surface area contributed by atoms with Crippen molar-refractivity contribution in [2.24, 2.45) is 0 Å². The smallest absolute Gasteiger partial charge is 0.425 e. The minimum Gasteiger partial charge on any atom is -0.463 e. The largest absolute Gasteiger partial charge is 0.463 e. The number of rotatable bonds is 5. The molecular weight excluding hydrogens is 299 g/mol. The highest BCUT2D eigenvalue weighted by molar-refractivity contribution is 5.78. The third-order valence-electron chi connectivity index (χ3n) is 2.94. The van der Waals surface area contributed by atoms with Crippen molar-refractivity contribution in [2.75, 3.05) is 13.1 Å². The van der Waals surface area contributed by atoms with Gasteiger partial charge in [0.25, 0.3) is 0 Å². The monoisotopic (exact) mass is 313 g/mol. The van der Waals surface area contributed by atoms with Crippen LogP contribution in [0.5, 0.6) is 0 Å². The summed E-state index contributed by atoms with van der Waals surface area (Å²) >= 11 is 0. The molecule has 0 fully saturated rings. The Balaban J connectivity index is 3.13. The van der Waals surface area contributed by atoms with Gasteiger partial charge in [0.05, 0.1) is 19.5 Å². The number of furan rings is 1. The average molecular weight is 313 g/mol. The molecule has 0 spiro atoms. The topological polar surface area (TPSA) is 53.7 Å². The third-order valence-corrected chi connectivity index (χ3v) is 2.94. The van der Waals surface area contributed by atoms with Crippen molar-refractivity contribution in [1.29, 1.82) is 0 Å². The maximum atomic E-state index is 13.2. The van der Waals surface area contributed by atoms with Crippen molar-refractivity contribution in [3.63, 3.8) is 0 Å². The van der Waals surface area contributed by atoms with Crippen molar-refractivity contribution in [3.8, 4) is 24.7 Å². The number of carbonyl (C=O) groups excluding carboxylic acids is 1. The summed E-state index contributed by atoms with van der Waals surface area (Å²) in [6.07, 6.45) is 3.71. The van der Waals surface area contributed by atoms with Crippen LogP contribution in [-0.4, -0.2) is 35.2 Å². The van der Waals surface area contributed by atoms with Crippen LogP contribution in [0.15, 0.2) is 16.5 Å². The van der Waals surface area contributed by atoms with Gasteiger partial charge in [0, 0.05) is 0 Å². The molecule has 1 atom stereocenters. The first-order chi connectivity index (χ1) is 10.2. The van der Waals surface area contributed by atoms with Crippen LogP contribution in [0.1, 0.15) is 17.9 Å². The number of terminal acetylenes is 2. The first kappa shape index (κ1) is 17.7. The predicted molar refractivity (Wildman–Crippen MR) is 72.3 cm³/mol. The molecular formula is C15H14F3NO3. The fourth-order valence-corrected chi connectivity index (χ4v) is 1.77. The number of halogens is 3. The zero-order valence-electron chi connectivity index (χ0n) is 11.8. The van der Waals surface area contributed by atoms with E-state index >= 15 is 0 Å². The van der Waals surface area contributed by atoms with Gasteiger partial charge in [-0.1, -0.05) is 11.8 Å². The molecule has 1 heterocycles. The molecule has 0 aliphatic carbocycles. The summed E-state index contributed by atoms with van der Waals surface area (Å²) in [7, 11) is 0. The number of nitrogens with zero attached hydrogens (tertiary/aromatic N) is 1. The van der Waals surface area contributed by atoms with Gasteiger partial charge in [-0.05, 0) is 19.1 Å². The Morgan fingerprint density at radius 2 is 1.86 bits per heavy atom. The van der Waals surface area contributed by atoms with E-state index in [9.17, 15) is 23.1 Å². The van der Waals surface area contributed by atoms with Crippen LogP contribution >= 0.6 is 0 Å². The Bertz CT molecular complexity index is 605. The maximum absolute atomic E-state index is 13.2. The van der Waals surface area contributed by atoms with Gasteiger partial charge in [0.15, 0.2) is 0 Å². The molecule has 7 heteroatoms. The molecule has 0 saturated heterocycles. The quantitative estimate of drug-likeness (QED) is 0.844. The molecule has 0 aromatic carbocycles. The van der Waals surface area contributed by atoms with Gasteiger partial charge in [-0.3, -0.25) is 4.79 Å². The molecule has 4 nitrogen and oxygen atoms in total. The molecule has 0 bridgehead atoms. The van der Waals surface area contributed by atoms with Gasteiger partial charge in [0.2, 0.25) is 11.5 Å². The average Bonchev–Trinajstić information content (AvgIpc) is 2.84. The second-order valence-electron chi connectivity index (χ2n) is 4.60. The van der Waals surface area contributed by atoms with Gasteiger partial charge in [-0.2, -0.15) is 13.2 Å². The van der Waals surface area contributed by atoms with Crippen LogP contribution in [0.2, 0.25) is 0 Å². The Kier molecular flexibility index (Phi) is 5.29. The highest BCUT2D eigenvalue weighted by atomic mass is 19.4. The maximum Gasteiger partial charge on any atom is 0.425 e. The zero-order valence-corrected chi connectivity index (χ0v) is 11.8. The molecule has 1 aromatic rings. The lowest BCUT2D eigenvalue weighted by atomic mass is 9.95. The molecule has 118 valence electrons. The van der Waals surface area contributed by atoms with E-state index in [1.54, 1.807) is 0 Å². The van der Waals surface area contributed by atoms with E-state index in [2.05, 4.69) is 11.8 Å². The van der Waals surface area contributed by atoms with E-state index in [0.29, 0.717) is 0 Å². The number of aryl methyl sites for hydroxylation is 1. The summed E-state index contributed by atoms with van der Waals surface area (Å²) in [5.74, 6) is 2.64. The number of aliphatic hydroxyl groups is 1. The van der Waals surface area contributed by atoms with Crippen molar-refractivity contribution in [3.05, 3.63) is 23.7 Å². The molecule has 0 unspecified atom stereocenters. The molecule has 0 saturated carbocycles.